The number of hydrogen-bond donors (Lipinski definition) is 2. The summed E-state index contributed by atoms with van der Waals surface area (Å²) in [6, 6.07) is 9.48. The van der Waals surface area contributed by atoms with Gasteiger partial charge < -0.3 is 15.4 Å². The first-order valence-corrected chi connectivity index (χ1v) is 8.80. The standard InChI is InChI=1S/C18H20BrN3O2/c1-12-4-5-16(15(19)9-12)22-17-10-13(6-7-20-17)18(23)21-11-14-3-2-8-24-14/h4-7,9-10,14H,2-3,8,11H2,1H3,(H,20,22)(H,21,23). The van der Waals surface area contributed by atoms with E-state index in [0.29, 0.717) is 17.9 Å². The summed E-state index contributed by atoms with van der Waals surface area (Å²) < 4.78 is 6.48. The van der Waals surface area contributed by atoms with Crippen LogP contribution in [-0.4, -0.2) is 30.1 Å². The predicted molar refractivity (Wildman–Crippen MR) is 97.7 cm³/mol. The van der Waals surface area contributed by atoms with Gasteiger partial charge in [-0.15, -0.1) is 0 Å². The van der Waals surface area contributed by atoms with Crippen molar-refractivity contribution in [3.63, 3.8) is 0 Å². The topological polar surface area (TPSA) is 63.2 Å². The maximum absolute atomic E-state index is 12.3. The van der Waals surface area contributed by atoms with Gasteiger partial charge in [0.1, 0.15) is 5.82 Å². The molecule has 0 saturated carbocycles. The maximum Gasteiger partial charge on any atom is 0.251 e. The van der Waals surface area contributed by atoms with Crippen molar-refractivity contribution in [1.82, 2.24) is 10.3 Å². The monoisotopic (exact) mass is 389 g/mol. The summed E-state index contributed by atoms with van der Waals surface area (Å²) in [4.78, 5) is 16.6. The molecule has 24 heavy (non-hydrogen) atoms. The normalized spacial score (nSPS) is 16.8. The quantitative estimate of drug-likeness (QED) is 0.815. The maximum atomic E-state index is 12.3. The van der Waals surface area contributed by atoms with E-state index in [1.807, 2.05) is 25.1 Å². The van der Waals surface area contributed by atoms with Crippen LogP contribution in [0.1, 0.15) is 28.8 Å². The minimum atomic E-state index is -0.112. The fraction of sp³-hybridized carbons (Fsp3) is 0.333. The van der Waals surface area contributed by atoms with Crippen LogP contribution in [0.5, 0.6) is 0 Å². The van der Waals surface area contributed by atoms with Gasteiger partial charge in [-0.3, -0.25) is 4.79 Å². The van der Waals surface area contributed by atoms with Crippen molar-refractivity contribution in [1.29, 1.82) is 0 Å². The summed E-state index contributed by atoms with van der Waals surface area (Å²) in [6.45, 7) is 3.37. The zero-order valence-electron chi connectivity index (χ0n) is 13.5. The number of nitrogens with zero attached hydrogens (tertiary/aromatic N) is 1. The highest BCUT2D eigenvalue weighted by Crippen LogP contribution is 2.26. The van der Waals surface area contributed by atoms with E-state index in [0.717, 1.165) is 29.6 Å². The van der Waals surface area contributed by atoms with E-state index in [1.54, 1.807) is 18.3 Å². The number of nitrogens with one attached hydrogen (secondary N) is 2. The largest absolute Gasteiger partial charge is 0.376 e. The van der Waals surface area contributed by atoms with E-state index in [9.17, 15) is 4.79 Å². The molecule has 5 nitrogen and oxygen atoms in total. The lowest BCUT2D eigenvalue weighted by molar-refractivity contribution is 0.0857. The number of carbonyl (C=O) groups excluding carboxylic acids is 1. The van der Waals surface area contributed by atoms with Crippen molar-refractivity contribution >= 4 is 33.3 Å². The molecule has 1 fully saturated rings. The van der Waals surface area contributed by atoms with Crippen molar-refractivity contribution in [2.75, 3.05) is 18.5 Å². The van der Waals surface area contributed by atoms with Gasteiger partial charge in [0, 0.05) is 29.4 Å². The van der Waals surface area contributed by atoms with Crippen LogP contribution >= 0.6 is 15.9 Å². The Hall–Kier alpha value is -1.92. The van der Waals surface area contributed by atoms with E-state index >= 15 is 0 Å². The molecule has 1 saturated heterocycles. The summed E-state index contributed by atoms with van der Waals surface area (Å²) in [5, 5.41) is 6.15. The van der Waals surface area contributed by atoms with E-state index in [-0.39, 0.29) is 12.0 Å². The average molecular weight is 390 g/mol. The van der Waals surface area contributed by atoms with Crippen molar-refractivity contribution in [2.24, 2.45) is 0 Å². The number of carbonyl (C=O) groups is 1. The van der Waals surface area contributed by atoms with E-state index in [4.69, 9.17) is 4.74 Å². The smallest absolute Gasteiger partial charge is 0.251 e. The molecule has 0 bridgehead atoms. The van der Waals surface area contributed by atoms with Gasteiger partial charge in [-0.05, 0) is 65.5 Å². The van der Waals surface area contributed by atoms with Crippen LogP contribution in [-0.2, 0) is 4.74 Å². The van der Waals surface area contributed by atoms with Gasteiger partial charge in [-0.1, -0.05) is 6.07 Å². The molecule has 126 valence electrons. The van der Waals surface area contributed by atoms with Crippen LogP contribution < -0.4 is 10.6 Å². The molecule has 1 aromatic carbocycles. The third kappa shape index (κ3) is 4.33. The summed E-state index contributed by atoms with van der Waals surface area (Å²) in [5.41, 5.74) is 2.65. The van der Waals surface area contributed by atoms with E-state index in [2.05, 4.69) is 31.5 Å². The van der Waals surface area contributed by atoms with Gasteiger partial charge in [-0.25, -0.2) is 4.98 Å². The number of hydrogen-bond acceptors (Lipinski definition) is 4. The molecule has 1 unspecified atom stereocenters. The Morgan fingerprint density at radius 2 is 2.25 bits per heavy atom. The van der Waals surface area contributed by atoms with Crippen LogP contribution in [0.2, 0.25) is 0 Å². The van der Waals surface area contributed by atoms with Gasteiger partial charge >= 0.3 is 0 Å². The van der Waals surface area contributed by atoms with Gasteiger partial charge in [0.2, 0.25) is 0 Å². The second kappa shape index (κ2) is 7.77. The number of aromatic nitrogens is 1. The third-order valence-electron chi connectivity index (χ3n) is 3.92. The lowest BCUT2D eigenvalue weighted by Crippen LogP contribution is -2.31. The molecule has 0 spiro atoms. The summed E-state index contributed by atoms with van der Waals surface area (Å²) in [7, 11) is 0. The fourth-order valence-electron chi connectivity index (χ4n) is 2.61. The minimum Gasteiger partial charge on any atom is -0.376 e. The number of anilines is 2. The Morgan fingerprint density at radius 3 is 3.00 bits per heavy atom. The van der Waals surface area contributed by atoms with E-state index < -0.39 is 0 Å². The SMILES string of the molecule is Cc1ccc(Nc2cc(C(=O)NCC3CCCO3)ccn2)c(Br)c1. The van der Waals surface area contributed by atoms with E-state index in [1.165, 1.54) is 5.56 Å². The number of benzene rings is 1. The molecule has 0 radical (unpaired) electrons. The Morgan fingerprint density at radius 1 is 1.38 bits per heavy atom. The number of halogens is 1. The first-order chi connectivity index (χ1) is 11.6. The minimum absolute atomic E-state index is 0.112. The van der Waals surface area contributed by atoms with Crippen molar-refractivity contribution in [2.45, 2.75) is 25.9 Å². The Kier molecular flexibility index (Phi) is 5.48. The Balaban J connectivity index is 1.65. The molecule has 0 aliphatic carbocycles. The number of amides is 1. The van der Waals surface area contributed by atoms with Gasteiger partial charge in [-0.2, -0.15) is 0 Å². The third-order valence-corrected chi connectivity index (χ3v) is 4.58. The van der Waals surface area contributed by atoms with Crippen LogP contribution in [0.3, 0.4) is 0 Å². The summed E-state index contributed by atoms with van der Waals surface area (Å²) in [6.07, 6.45) is 3.84. The van der Waals surface area contributed by atoms with Crippen LogP contribution in [0.4, 0.5) is 11.5 Å². The Bertz CT molecular complexity index is 730. The fourth-order valence-corrected chi connectivity index (χ4v) is 3.21. The molecule has 3 rings (SSSR count). The highest BCUT2D eigenvalue weighted by Gasteiger charge is 2.17. The first kappa shape index (κ1) is 16.9. The summed E-state index contributed by atoms with van der Waals surface area (Å²) >= 11 is 3.53. The van der Waals surface area contributed by atoms with Crippen LogP contribution in [0, 0.1) is 6.92 Å². The molecule has 2 N–H and O–H groups in total. The molecular weight excluding hydrogens is 370 g/mol. The molecule has 2 heterocycles. The number of pyridine rings is 1. The molecule has 1 aliphatic rings. The van der Waals surface area contributed by atoms with Crippen LogP contribution in [0.15, 0.2) is 41.0 Å². The van der Waals surface area contributed by atoms with Crippen molar-refractivity contribution in [3.05, 3.63) is 52.1 Å². The number of rotatable bonds is 5. The number of ether oxygens (including phenoxy) is 1. The lowest BCUT2D eigenvalue weighted by atomic mass is 10.2. The molecule has 1 atom stereocenters. The van der Waals surface area contributed by atoms with Gasteiger partial charge in [0.05, 0.1) is 11.8 Å². The molecule has 1 aliphatic heterocycles. The van der Waals surface area contributed by atoms with Crippen molar-refractivity contribution < 1.29 is 9.53 Å². The zero-order chi connectivity index (χ0) is 16.9. The lowest BCUT2D eigenvalue weighted by Gasteiger charge is -2.12. The van der Waals surface area contributed by atoms with Gasteiger partial charge in [0.25, 0.3) is 5.91 Å². The predicted octanol–water partition coefficient (Wildman–Crippen LogP) is 3.80. The molecule has 2 aromatic rings. The van der Waals surface area contributed by atoms with Crippen molar-refractivity contribution in [3.8, 4) is 0 Å². The van der Waals surface area contributed by atoms with Crippen LogP contribution in [0.25, 0.3) is 0 Å². The Labute approximate surface area is 149 Å². The molecule has 1 amide bonds. The zero-order valence-corrected chi connectivity index (χ0v) is 15.1. The second-order valence-electron chi connectivity index (χ2n) is 5.88. The molecule has 1 aromatic heterocycles. The highest BCUT2D eigenvalue weighted by atomic mass is 79.9. The highest BCUT2D eigenvalue weighted by molar-refractivity contribution is 9.10. The molecule has 6 heteroatoms. The molecular formula is C18H20BrN3O2. The first-order valence-electron chi connectivity index (χ1n) is 8.01. The average Bonchev–Trinajstić information content (AvgIpc) is 3.09. The van der Waals surface area contributed by atoms with Gasteiger partial charge in [0.15, 0.2) is 0 Å². The number of aryl methyl sites for hydroxylation is 1. The second-order valence-corrected chi connectivity index (χ2v) is 6.74. The summed E-state index contributed by atoms with van der Waals surface area (Å²) in [5.74, 6) is 0.517.